The molecule has 0 bridgehead atoms. The van der Waals surface area contributed by atoms with Gasteiger partial charge in [0, 0.05) is 63.5 Å². The Labute approximate surface area is 263 Å². The van der Waals surface area contributed by atoms with Crippen LogP contribution in [-0.4, -0.2) is 30.1 Å². The van der Waals surface area contributed by atoms with Crippen LogP contribution >= 0.6 is 34.8 Å². The standard InChI is InChI=1S/C34H38Cl3NO4/c1-7-10-38-24-14-33(2,3)16-26(39)30(24)29(31-25(38)15-34(4,5)17-27(31)40)20-11-23(37)32(28(12-20)41-6)42-18-19-8-9-21(35)13-22(19)36/h8-9,11-13,29H,7,10,14-18H2,1-6H3. The summed E-state index contributed by atoms with van der Waals surface area (Å²) in [5.41, 5.74) is 4.68. The smallest absolute Gasteiger partial charge is 0.180 e. The molecule has 2 aromatic rings. The van der Waals surface area contributed by atoms with Gasteiger partial charge in [-0.05, 0) is 59.9 Å². The van der Waals surface area contributed by atoms with Crippen molar-refractivity contribution in [2.45, 2.75) is 79.2 Å². The highest BCUT2D eigenvalue weighted by Crippen LogP contribution is 2.55. The average Bonchev–Trinajstić information content (AvgIpc) is 2.88. The van der Waals surface area contributed by atoms with Crippen LogP contribution in [0.25, 0.3) is 0 Å². The summed E-state index contributed by atoms with van der Waals surface area (Å²) in [6, 6.07) is 8.90. The Morgan fingerprint density at radius 1 is 0.857 bits per heavy atom. The predicted octanol–water partition coefficient (Wildman–Crippen LogP) is 9.33. The molecule has 0 amide bonds. The van der Waals surface area contributed by atoms with Gasteiger partial charge in [-0.1, -0.05) is 75.5 Å². The third-order valence-electron chi connectivity index (χ3n) is 8.44. The summed E-state index contributed by atoms with van der Waals surface area (Å²) in [7, 11) is 1.55. The SMILES string of the molecule is CCCN1C2=C(C(=O)CC(C)(C)C2)C(c2cc(Cl)c(OCc3ccc(Cl)cc3Cl)c(OC)c2)C2=C1CC(C)(C)CC2=O. The van der Waals surface area contributed by atoms with Crippen molar-refractivity contribution in [2.24, 2.45) is 10.8 Å². The molecule has 3 aliphatic rings. The van der Waals surface area contributed by atoms with Crippen LogP contribution in [0.3, 0.4) is 0 Å². The molecule has 2 aliphatic carbocycles. The van der Waals surface area contributed by atoms with Gasteiger partial charge in [-0.25, -0.2) is 0 Å². The fourth-order valence-electron chi connectivity index (χ4n) is 6.71. The largest absolute Gasteiger partial charge is 0.493 e. The summed E-state index contributed by atoms with van der Waals surface area (Å²) in [5, 5.41) is 1.36. The Hall–Kier alpha value is -2.47. The van der Waals surface area contributed by atoms with Gasteiger partial charge < -0.3 is 14.4 Å². The van der Waals surface area contributed by atoms with Crippen LogP contribution < -0.4 is 9.47 Å². The van der Waals surface area contributed by atoms with Gasteiger partial charge in [0.25, 0.3) is 0 Å². The molecule has 1 heterocycles. The van der Waals surface area contributed by atoms with Crippen molar-refractivity contribution >= 4 is 46.4 Å². The first-order valence-electron chi connectivity index (χ1n) is 14.5. The van der Waals surface area contributed by atoms with E-state index < -0.39 is 5.92 Å². The van der Waals surface area contributed by atoms with Gasteiger partial charge in [-0.15, -0.1) is 0 Å². The van der Waals surface area contributed by atoms with E-state index >= 15 is 0 Å². The van der Waals surface area contributed by atoms with E-state index in [0.29, 0.717) is 50.6 Å². The zero-order valence-corrected chi connectivity index (χ0v) is 27.4. The van der Waals surface area contributed by atoms with Crippen molar-refractivity contribution in [3.8, 4) is 11.5 Å². The number of ether oxygens (including phenoxy) is 2. The number of rotatable bonds is 7. The highest BCUT2D eigenvalue weighted by Gasteiger charge is 2.49. The number of methoxy groups -OCH3 is 1. The molecule has 0 N–H and O–H groups in total. The first-order valence-corrected chi connectivity index (χ1v) is 15.6. The summed E-state index contributed by atoms with van der Waals surface area (Å²) >= 11 is 19.3. The van der Waals surface area contributed by atoms with Crippen molar-refractivity contribution in [1.29, 1.82) is 0 Å². The highest BCUT2D eigenvalue weighted by molar-refractivity contribution is 6.35. The zero-order chi connectivity index (χ0) is 30.6. The van der Waals surface area contributed by atoms with Crippen LogP contribution in [-0.2, 0) is 16.2 Å². The van der Waals surface area contributed by atoms with E-state index in [1.165, 1.54) is 0 Å². The monoisotopic (exact) mass is 629 g/mol. The number of Topliss-reactive ketones (excluding diaryl/α,β-unsaturated/α-hetero) is 2. The number of nitrogens with zero attached hydrogens (tertiary/aromatic N) is 1. The lowest BCUT2D eigenvalue weighted by molar-refractivity contribution is -0.119. The number of carbonyl (C=O) groups is 2. The molecule has 0 atom stereocenters. The van der Waals surface area contributed by atoms with Gasteiger partial charge >= 0.3 is 0 Å². The molecule has 0 saturated carbocycles. The van der Waals surface area contributed by atoms with Crippen molar-refractivity contribution in [1.82, 2.24) is 4.90 Å². The minimum absolute atomic E-state index is 0.0873. The van der Waals surface area contributed by atoms with Gasteiger partial charge in [0.05, 0.1) is 12.1 Å². The van der Waals surface area contributed by atoms with Gasteiger partial charge in [0.1, 0.15) is 6.61 Å². The molecule has 0 unspecified atom stereocenters. The molecule has 2 aromatic carbocycles. The van der Waals surface area contributed by atoms with Gasteiger partial charge in [0.15, 0.2) is 23.1 Å². The summed E-state index contributed by atoms with van der Waals surface area (Å²) in [6.07, 6.45) is 3.30. The lowest BCUT2D eigenvalue weighted by Gasteiger charge is -2.49. The Bertz CT molecular complexity index is 1470. The van der Waals surface area contributed by atoms with E-state index in [4.69, 9.17) is 44.3 Å². The Morgan fingerprint density at radius 2 is 1.45 bits per heavy atom. The summed E-state index contributed by atoms with van der Waals surface area (Å²) < 4.78 is 11.9. The summed E-state index contributed by atoms with van der Waals surface area (Å²) in [5.74, 6) is 0.457. The first-order chi connectivity index (χ1) is 19.7. The Kier molecular flexibility index (Phi) is 8.52. The molecule has 0 saturated heterocycles. The number of hydrogen-bond donors (Lipinski definition) is 0. The van der Waals surface area contributed by atoms with E-state index in [-0.39, 0.29) is 29.0 Å². The number of ketones is 2. The van der Waals surface area contributed by atoms with Gasteiger partial charge in [0.2, 0.25) is 0 Å². The van der Waals surface area contributed by atoms with Crippen molar-refractivity contribution in [2.75, 3.05) is 13.7 Å². The van der Waals surface area contributed by atoms with Crippen molar-refractivity contribution in [3.05, 3.63) is 79.1 Å². The lowest BCUT2D eigenvalue weighted by Crippen LogP contribution is -2.44. The Morgan fingerprint density at radius 3 is 1.98 bits per heavy atom. The summed E-state index contributed by atoms with van der Waals surface area (Å²) in [4.78, 5) is 30.3. The van der Waals surface area contributed by atoms with E-state index in [1.807, 2.05) is 12.1 Å². The molecule has 42 heavy (non-hydrogen) atoms. The molecule has 1 aliphatic heterocycles. The normalized spacial score (nSPS) is 20.1. The molecule has 0 radical (unpaired) electrons. The quantitative estimate of drug-likeness (QED) is 0.305. The summed E-state index contributed by atoms with van der Waals surface area (Å²) in [6.45, 7) is 11.6. The van der Waals surface area contributed by atoms with Crippen LogP contribution in [0, 0.1) is 10.8 Å². The fourth-order valence-corrected chi connectivity index (χ4v) is 7.45. The maximum Gasteiger partial charge on any atom is 0.180 e. The number of halogens is 3. The molecule has 5 rings (SSSR count). The van der Waals surface area contributed by atoms with Crippen LogP contribution in [0.5, 0.6) is 11.5 Å². The van der Waals surface area contributed by atoms with E-state index in [9.17, 15) is 9.59 Å². The van der Waals surface area contributed by atoms with Gasteiger partial charge in [-0.3, -0.25) is 9.59 Å². The molecule has 8 heteroatoms. The minimum atomic E-state index is -0.513. The predicted molar refractivity (Wildman–Crippen MR) is 169 cm³/mol. The van der Waals surface area contributed by atoms with Crippen LogP contribution in [0.4, 0.5) is 0 Å². The third kappa shape index (κ3) is 5.85. The molecule has 0 aromatic heterocycles. The highest BCUT2D eigenvalue weighted by atomic mass is 35.5. The fraction of sp³-hybridized carbons (Fsp3) is 0.471. The number of allylic oxidation sites excluding steroid dienone is 4. The maximum absolute atomic E-state index is 14.0. The van der Waals surface area contributed by atoms with E-state index in [2.05, 4.69) is 39.5 Å². The molecule has 224 valence electrons. The number of benzene rings is 2. The molecule has 5 nitrogen and oxygen atoms in total. The van der Waals surface area contributed by atoms with Gasteiger partial charge in [-0.2, -0.15) is 0 Å². The van der Waals surface area contributed by atoms with Crippen LogP contribution in [0.1, 0.15) is 83.8 Å². The van der Waals surface area contributed by atoms with Crippen LogP contribution in [0.15, 0.2) is 52.9 Å². The second kappa shape index (κ2) is 11.6. The minimum Gasteiger partial charge on any atom is -0.493 e. The first kappa shape index (κ1) is 31.0. The number of hydrogen-bond acceptors (Lipinski definition) is 5. The van der Waals surface area contributed by atoms with Crippen LogP contribution in [0.2, 0.25) is 15.1 Å². The van der Waals surface area contributed by atoms with Crippen molar-refractivity contribution in [3.63, 3.8) is 0 Å². The Balaban J connectivity index is 1.65. The number of carbonyl (C=O) groups excluding carboxylic acids is 2. The third-order valence-corrected chi connectivity index (χ3v) is 9.31. The zero-order valence-electron chi connectivity index (χ0n) is 25.1. The second-order valence-corrected chi connectivity index (χ2v) is 14.5. The van der Waals surface area contributed by atoms with E-state index in [0.717, 1.165) is 48.3 Å². The maximum atomic E-state index is 14.0. The topological polar surface area (TPSA) is 55.8 Å². The molecule has 0 spiro atoms. The molecule has 0 fully saturated rings. The second-order valence-electron chi connectivity index (χ2n) is 13.2. The lowest BCUT2D eigenvalue weighted by atomic mass is 9.63. The van der Waals surface area contributed by atoms with Crippen molar-refractivity contribution < 1.29 is 19.1 Å². The average molecular weight is 631 g/mol. The molecular formula is C34H38Cl3NO4. The van der Waals surface area contributed by atoms with E-state index in [1.54, 1.807) is 25.3 Å². The molecular weight excluding hydrogens is 593 g/mol.